The van der Waals surface area contributed by atoms with Crippen LogP contribution in [0, 0.1) is 0 Å². The molecule has 1 fully saturated rings. The van der Waals surface area contributed by atoms with Gasteiger partial charge in [0, 0.05) is 12.4 Å². The van der Waals surface area contributed by atoms with Crippen molar-refractivity contribution in [1.82, 2.24) is 14.6 Å². The van der Waals surface area contributed by atoms with Gasteiger partial charge in [-0.15, -0.1) is 0 Å². The smallest absolute Gasteiger partial charge is 0.197 e. The zero-order valence-electron chi connectivity index (χ0n) is 8.43. The molecule has 1 N–H and O–H groups in total. The molecule has 2 aromatic heterocycles. The van der Waals surface area contributed by atoms with Gasteiger partial charge in [0.2, 0.25) is 0 Å². The third-order valence-electron chi connectivity index (χ3n) is 3.18. The number of hydrogen-bond donors (Lipinski definition) is 1. The zero-order valence-corrected chi connectivity index (χ0v) is 8.43. The zero-order chi connectivity index (χ0) is 10.3. The number of fused-ring (bicyclic) bond motifs is 1. The summed E-state index contributed by atoms with van der Waals surface area (Å²) >= 11 is 0. The van der Waals surface area contributed by atoms with E-state index in [1.807, 2.05) is 12.4 Å². The maximum absolute atomic E-state index is 9.42. The van der Waals surface area contributed by atoms with Crippen molar-refractivity contribution in [2.75, 3.05) is 0 Å². The average molecular weight is 203 g/mol. The first-order valence-electron chi connectivity index (χ1n) is 5.37. The lowest BCUT2D eigenvalue weighted by Gasteiger charge is -2.08. The predicted molar refractivity (Wildman–Crippen MR) is 55.9 cm³/mol. The lowest BCUT2D eigenvalue weighted by molar-refractivity contribution is 0.480. The second kappa shape index (κ2) is 3.22. The summed E-state index contributed by atoms with van der Waals surface area (Å²) in [6, 6.07) is 0. The minimum Gasteiger partial charge on any atom is -0.503 e. The Labute approximate surface area is 87.6 Å². The first kappa shape index (κ1) is 8.71. The van der Waals surface area contributed by atoms with Crippen molar-refractivity contribution in [2.45, 2.75) is 31.6 Å². The van der Waals surface area contributed by atoms with Crippen LogP contribution in [0.1, 0.15) is 37.2 Å². The molecule has 2 heterocycles. The Balaban J connectivity index is 2.05. The summed E-state index contributed by atoms with van der Waals surface area (Å²) in [7, 11) is 0. The van der Waals surface area contributed by atoms with Gasteiger partial charge in [-0.05, 0) is 24.3 Å². The Morgan fingerprint density at radius 1 is 1.27 bits per heavy atom. The molecule has 4 nitrogen and oxygen atoms in total. The molecule has 0 aliphatic heterocycles. The molecule has 0 radical (unpaired) electrons. The highest BCUT2D eigenvalue weighted by Gasteiger charge is 2.18. The van der Waals surface area contributed by atoms with E-state index >= 15 is 0 Å². The fraction of sp³-hybridized carbons (Fsp3) is 0.455. The van der Waals surface area contributed by atoms with Crippen LogP contribution in [0.25, 0.3) is 5.65 Å². The molecule has 0 unspecified atom stereocenters. The molecule has 0 atom stereocenters. The van der Waals surface area contributed by atoms with Crippen LogP contribution in [-0.2, 0) is 0 Å². The Hall–Kier alpha value is -1.58. The van der Waals surface area contributed by atoms with Gasteiger partial charge in [0.15, 0.2) is 11.4 Å². The third-order valence-corrected chi connectivity index (χ3v) is 3.18. The van der Waals surface area contributed by atoms with Crippen LogP contribution in [0.15, 0.2) is 18.6 Å². The van der Waals surface area contributed by atoms with E-state index in [1.165, 1.54) is 37.4 Å². The van der Waals surface area contributed by atoms with Crippen LogP contribution in [0.3, 0.4) is 0 Å². The summed E-state index contributed by atoms with van der Waals surface area (Å²) in [5, 5.41) is 13.5. The summed E-state index contributed by atoms with van der Waals surface area (Å²) in [6.45, 7) is 0. The molecule has 1 aliphatic carbocycles. The monoisotopic (exact) mass is 203 g/mol. The molecule has 0 aromatic carbocycles. The maximum Gasteiger partial charge on any atom is 0.197 e. The lowest BCUT2D eigenvalue weighted by atomic mass is 10.0. The fourth-order valence-corrected chi connectivity index (χ4v) is 2.35. The van der Waals surface area contributed by atoms with E-state index in [4.69, 9.17) is 0 Å². The Morgan fingerprint density at radius 3 is 2.87 bits per heavy atom. The van der Waals surface area contributed by atoms with E-state index < -0.39 is 0 Å². The van der Waals surface area contributed by atoms with Crippen LogP contribution >= 0.6 is 0 Å². The lowest BCUT2D eigenvalue weighted by Crippen LogP contribution is -1.98. The molecule has 78 valence electrons. The van der Waals surface area contributed by atoms with Crippen molar-refractivity contribution in [3.63, 3.8) is 0 Å². The summed E-state index contributed by atoms with van der Waals surface area (Å²) in [5.41, 5.74) is 1.78. The minimum atomic E-state index is 0.146. The van der Waals surface area contributed by atoms with Crippen LogP contribution in [-0.4, -0.2) is 19.7 Å². The van der Waals surface area contributed by atoms with Crippen LogP contribution < -0.4 is 0 Å². The van der Waals surface area contributed by atoms with Crippen LogP contribution in [0.2, 0.25) is 0 Å². The largest absolute Gasteiger partial charge is 0.503 e. The second-order valence-corrected chi connectivity index (χ2v) is 4.17. The van der Waals surface area contributed by atoms with Gasteiger partial charge in [-0.2, -0.15) is 5.10 Å². The first-order chi connectivity index (χ1) is 7.34. The molecule has 0 amide bonds. The Morgan fingerprint density at radius 2 is 2.07 bits per heavy atom. The van der Waals surface area contributed by atoms with Crippen molar-refractivity contribution in [3.05, 3.63) is 24.2 Å². The minimum absolute atomic E-state index is 0.146. The van der Waals surface area contributed by atoms with Gasteiger partial charge in [-0.25, -0.2) is 9.50 Å². The third kappa shape index (κ3) is 1.37. The Kier molecular flexibility index (Phi) is 1.87. The quantitative estimate of drug-likeness (QED) is 0.772. The molecule has 0 bridgehead atoms. The van der Waals surface area contributed by atoms with Crippen molar-refractivity contribution in [2.24, 2.45) is 0 Å². The molecule has 0 saturated heterocycles. The van der Waals surface area contributed by atoms with Crippen LogP contribution in [0.5, 0.6) is 5.75 Å². The number of aromatic nitrogens is 3. The standard InChI is InChI=1S/C11H13N3O/c15-10-6-13-14-7-9(5-12-11(10)14)8-3-1-2-4-8/h5-8,15H,1-4H2. The predicted octanol–water partition coefficient (Wildman–Crippen LogP) is 2.09. The van der Waals surface area contributed by atoms with Gasteiger partial charge < -0.3 is 5.11 Å². The van der Waals surface area contributed by atoms with Gasteiger partial charge in [0.25, 0.3) is 0 Å². The summed E-state index contributed by atoms with van der Waals surface area (Å²) in [6.07, 6.45) is 10.4. The molecule has 4 heteroatoms. The summed E-state index contributed by atoms with van der Waals surface area (Å²) < 4.78 is 1.66. The van der Waals surface area contributed by atoms with Crippen LogP contribution in [0.4, 0.5) is 0 Å². The van der Waals surface area contributed by atoms with Gasteiger partial charge in [-0.3, -0.25) is 0 Å². The van der Waals surface area contributed by atoms with Crippen molar-refractivity contribution in [3.8, 4) is 5.75 Å². The second-order valence-electron chi connectivity index (χ2n) is 4.17. The molecule has 1 saturated carbocycles. The van der Waals surface area contributed by atoms with Gasteiger partial charge in [0.1, 0.15) is 0 Å². The number of aromatic hydroxyl groups is 1. The van der Waals surface area contributed by atoms with E-state index in [2.05, 4.69) is 10.1 Å². The van der Waals surface area contributed by atoms with Gasteiger partial charge in [0.05, 0.1) is 6.20 Å². The molecular weight excluding hydrogens is 190 g/mol. The van der Waals surface area contributed by atoms with Crippen molar-refractivity contribution in [1.29, 1.82) is 0 Å². The molecular formula is C11H13N3O. The summed E-state index contributed by atoms with van der Waals surface area (Å²) in [4.78, 5) is 4.24. The average Bonchev–Trinajstić information content (AvgIpc) is 2.88. The highest BCUT2D eigenvalue weighted by atomic mass is 16.3. The van der Waals surface area contributed by atoms with Crippen molar-refractivity contribution < 1.29 is 5.11 Å². The summed E-state index contributed by atoms with van der Waals surface area (Å²) in [5.74, 6) is 0.779. The first-order valence-corrected chi connectivity index (χ1v) is 5.37. The molecule has 2 aromatic rings. The van der Waals surface area contributed by atoms with E-state index in [0.717, 1.165) is 0 Å². The maximum atomic E-state index is 9.42. The topological polar surface area (TPSA) is 50.4 Å². The van der Waals surface area contributed by atoms with Crippen molar-refractivity contribution >= 4 is 5.65 Å². The number of hydrogen-bond acceptors (Lipinski definition) is 3. The SMILES string of the molecule is Oc1cnn2cc(C3CCCC3)cnc12. The molecule has 1 aliphatic rings. The molecule has 0 spiro atoms. The Bertz CT molecular complexity index is 486. The highest BCUT2D eigenvalue weighted by Crippen LogP contribution is 2.33. The number of rotatable bonds is 1. The van der Waals surface area contributed by atoms with Gasteiger partial charge >= 0.3 is 0 Å². The highest BCUT2D eigenvalue weighted by molar-refractivity contribution is 5.51. The normalized spacial score (nSPS) is 17.6. The molecule has 3 rings (SSSR count). The van der Waals surface area contributed by atoms with E-state index in [9.17, 15) is 5.11 Å². The molecule has 15 heavy (non-hydrogen) atoms. The van der Waals surface area contributed by atoms with E-state index in [-0.39, 0.29) is 5.75 Å². The fourth-order valence-electron chi connectivity index (χ4n) is 2.35. The van der Waals surface area contributed by atoms with Gasteiger partial charge in [-0.1, -0.05) is 12.8 Å². The van der Waals surface area contributed by atoms with E-state index in [1.54, 1.807) is 4.52 Å². The number of nitrogens with zero attached hydrogens (tertiary/aromatic N) is 3. The van der Waals surface area contributed by atoms with E-state index in [0.29, 0.717) is 11.6 Å².